The average molecular weight is 288 g/mol. The molecule has 1 aliphatic rings. The number of nitrogens with zero attached hydrogens (tertiary/aromatic N) is 1. The van der Waals surface area contributed by atoms with Gasteiger partial charge in [0.2, 0.25) is 5.91 Å². The Morgan fingerprint density at radius 2 is 2.06 bits per heavy atom. The molecule has 0 N–H and O–H groups in total. The molecule has 0 spiro atoms. The molecule has 1 aromatic carbocycles. The zero-order chi connectivity index (χ0) is 13.1. The summed E-state index contributed by atoms with van der Waals surface area (Å²) in [6, 6.07) is 5.19. The summed E-state index contributed by atoms with van der Waals surface area (Å²) in [4.78, 5) is 13.9. The normalized spacial score (nSPS) is 16.7. The van der Waals surface area contributed by atoms with E-state index >= 15 is 0 Å². The smallest absolute Gasteiger partial charge is 0.245 e. The number of ether oxygens (including phenoxy) is 1. The number of benzene rings is 1. The first kappa shape index (κ1) is 13.5. The van der Waals surface area contributed by atoms with Crippen molar-refractivity contribution in [2.24, 2.45) is 0 Å². The molecule has 1 aliphatic heterocycles. The zero-order valence-electron chi connectivity index (χ0n) is 10.2. The average Bonchev–Trinajstić information content (AvgIpc) is 2.90. The van der Waals surface area contributed by atoms with Gasteiger partial charge in [-0.2, -0.15) is 0 Å². The minimum Gasteiger partial charge on any atom is -0.495 e. The first-order chi connectivity index (χ1) is 8.63. The topological polar surface area (TPSA) is 29.5 Å². The van der Waals surface area contributed by atoms with Gasteiger partial charge in [0, 0.05) is 13.1 Å². The van der Waals surface area contributed by atoms with Crippen LogP contribution in [0.5, 0.6) is 5.75 Å². The van der Waals surface area contributed by atoms with Crippen LogP contribution in [0.15, 0.2) is 18.2 Å². The second kappa shape index (κ2) is 5.81. The van der Waals surface area contributed by atoms with Crippen LogP contribution in [0.2, 0.25) is 5.02 Å². The van der Waals surface area contributed by atoms with E-state index in [1.807, 2.05) is 0 Å². The number of carbonyl (C=O) groups is 1. The van der Waals surface area contributed by atoms with Crippen LogP contribution in [-0.2, 0) is 4.79 Å². The van der Waals surface area contributed by atoms with Crippen molar-refractivity contribution in [3.05, 3.63) is 28.8 Å². The number of rotatable bonds is 3. The highest BCUT2D eigenvalue weighted by molar-refractivity contribution is 6.33. The van der Waals surface area contributed by atoms with Gasteiger partial charge in [-0.1, -0.05) is 17.7 Å². The van der Waals surface area contributed by atoms with E-state index in [9.17, 15) is 4.79 Å². The number of halogens is 2. The number of alkyl halides is 1. The van der Waals surface area contributed by atoms with Gasteiger partial charge in [-0.15, -0.1) is 11.6 Å². The second-order valence-corrected chi connectivity index (χ2v) is 5.13. The molecular formula is C13H15Cl2NO2. The highest BCUT2D eigenvalue weighted by Crippen LogP contribution is 2.31. The summed E-state index contributed by atoms with van der Waals surface area (Å²) in [5.74, 6) is 0.535. The molecule has 2 rings (SSSR count). The lowest BCUT2D eigenvalue weighted by molar-refractivity contribution is -0.129. The molecule has 3 nitrogen and oxygen atoms in total. The van der Waals surface area contributed by atoms with Crippen molar-refractivity contribution in [1.29, 1.82) is 0 Å². The Hall–Kier alpha value is -0.930. The molecule has 0 saturated carbocycles. The van der Waals surface area contributed by atoms with Crippen LogP contribution in [0.4, 0.5) is 0 Å². The van der Waals surface area contributed by atoms with Crippen molar-refractivity contribution in [3.8, 4) is 5.75 Å². The summed E-state index contributed by atoms with van der Waals surface area (Å²) in [7, 11) is 1.55. The predicted octanol–water partition coefficient (Wildman–Crippen LogP) is 3.25. The van der Waals surface area contributed by atoms with Crippen molar-refractivity contribution in [2.45, 2.75) is 18.2 Å². The van der Waals surface area contributed by atoms with E-state index in [0.29, 0.717) is 16.3 Å². The lowest BCUT2D eigenvalue weighted by Crippen LogP contribution is -2.30. The van der Waals surface area contributed by atoms with Gasteiger partial charge in [-0.05, 0) is 30.5 Å². The van der Waals surface area contributed by atoms with E-state index < -0.39 is 5.38 Å². The molecule has 1 atom stereocenters. The Morgan fingerprint density at radius 3 is 2.61 bits per heavy atom. The van der Waals surface area contributed by atoms with Gasteiger partial charge in [0.05, 0.1) is 12.1 Å². The molecule has 18 heavy (non-hydrogen) atoms. The van der Waals surface area contributed by atoms with Crippen LogP contribution in [0.3, 0.4) is 0 Å². The maximum atomic E-state index is 12.1. The molecule has 0 aromatic heterocycles. The number of amides is 1. The minimum atomic E-state index is -0.675. The van der Waals surface area contributed by atoms with Crippen molar-refractivity contribution >= 4 is 29.1 Å². The number of likely N-dealkylation sites (tertiary alicyclic amines) is 1. The van der Waals surface area contributed by atoms with Crippen molar-refractivity contribution in [1.82, 2.24) is 4.90 Å². The van der Waals surface area contributed by atoms with E-state index in [2.05, 4.69) is 0 Å². The molecule has 1 amide bonds. The fourth-order valence-corrected chi connectivity index (χ4v) is 2.62. The van der Waals surface area contributed by atoms with Gasteiger partial charge in [0.1, 0.15) is 11.1 Å². The van der Waals surface area contributed by atoms with Crippen molar-refractivity contribution in [3.63, 3.8) is 0 Å². The third-order valence-corrected chi connectivity index (χ3v) is 3.84. The Morgan fingerprint density at radius 1 is 1.39 bits per heavy atom. The molecule has 1 fully saturated rings. The Bertz CT molecular complexity index is 445. The lowest BCUT2D eigenvalue weighted by Gasteiger charge is -2.19. The summed E-state index contributed by atoms with van der Waals surface area (Å²) in [6.07, 6.45) is 2.11. The van der Waals surface area contributed by atoms with E-state index in [4.69, 9.17) is 27.9 Å². The molecule has 1 heterocycles. The second-order valence-electron chi connectivity index (χ2n) is 4.29. The van der Waals surface area contributed by atoms with E-state index in [-0.39, 0.29) is 5.91 Å². The van der Waals surface area contributed by atoms with Gasteiger partial charge in [-0.3, -0.25) is 4.79 Å². The van der Waals surface area contributed by atoms with Crippen molar-refractivity contribution in [2.75, 3.05) is 20.2 Å². The van der Waals surface area contributed by atoms with E-state index in [0.717, 1.165) is 25.9 Å². The van der Waals surface area contributed by atoms with Crippen LogP contribution in [0, 0.1) is 0 Å². The van der Waals surface area contributed by atoms with Gasteiger partial charge in [0.15, 0.2) is 0 Å². The summed E-state index contributed by atoms with van der Waals surface area (Å²) in [5, 5.41) is -0.207. The van der Waals surface area contributed by atoms with Gasteiger partial charge in [0.25, 0.3) is 0 Å². The first-order valence-electron chi connectivity index (χ1n) is 5.90. The minimum absolute atomic E-state index is 0.0459. The van der Waals surface area contributed by atoms with Crippen LogP contribution < -0.4 is 4.74 Å². The fraction of sp³-hybridized carbons (Fsp3) is 0.462. The fourth-order valence-electron chi connectivity index (χ4n) is 2.08. The largest absolute Gasteiger partial charge is 0.495 e. The van der Waals surface area contributed by atoms with E-state index in [1.165, 1.54) is 0 Å². The standard InChI is InChI=1S/C13H15Cl2NO2/c1-18-11-5-4-9(8-10(11)14)12(15)13(17)16-6-2-3-7-16/h4-5,8,12H,2-3,6-7H2,1H3. The third-order valence-electron chi connectivity index (χ3n) is 3.10. The van der Waals surface area contributed by atoms with Crippen LogP contribution >= 0.6 is 23.2 Å². The molecular weight excluding hydrogens is 273 g/mol. The molecule has 1 unspecified atom stereocenters. The summed E-state index contributed by atoms with van der Waals surface area (Å²) < 4.78 is 5.07. The number of carbonyl (C=O) groups excluding carboxylic acids is 1. The van der Waals surface area contributed by atoms with Crippen molar-refractivity contribution < 1.29 is 9.53 Å². The molecule has 1 saturated heterocycles. The molecule has 0 bridgehead atoms. The Balaban J connectivity index is 2.15. The summed E-state index contributed by atoms with van der Waals surface area (Å²) in [6.45, 7) is 1.60. The van der Waals surface area contributed by atoms with Crippen LogP contribution in [0.25, 0.3) is 0 Å². The maximum Gasteiger partial charge on any atom is 0.245 e. The lowest BCUT2D eigenvalue weighted by atomic mass is 10.1. The maximum absolute atomic E-state index is 12.1. The third kappa shape index (κ3) is 2.73. The van der Waals surface area contributed by atoms with Gasteiger partial charge >= 0.3 is 0 Å². The van der Waals surface area contributed by atoms with Crippen LogP contribution in [-0.4, -0.2) is 31.0 Å². The zero-order valence-corrected chi connectivity index (χ0v) is 11.7. The SMILES string of the molecule is COc1ccc(C(Cl)C(=O)N2CCCC2)cc1Cl. The number of hydrogen-bond donors (Lipinski definition) is 0. The molecule has 0 radical (unpaired) electrons. The number of methoxy groups -OCH3 is 1. The van der Waals surface area contributed by atoms with Gasteiger partial charge in [-0.25, -0.2) is 0 Å². The monoisotopic (exact) mass is 287 g/mol. The molecule has 0 aliphatic carbocycles. The molecule has 5 heteroatoms. The predicted molar refractivity (Wildman–Crippen MR) is 72.4 cm³/mol. The van der Waals surface area contributed by atoms with E-state index in [1.54, 1.807) is 30.2 Å². The molecule has 1 aromatic rings. The van der Waals surface area contributed by atoms with Crippen LogP contribution in [0.1, 0.15) is 23.8 Å². The number of hydrogen-bond acceptors (Lipinski definition) is 2. The Kier molecular flexibility index (Phi) is 4.36. The Labute approximate surface area is 117 Å². The molecule has 98 valence electrons. The summed E-state index contributed by atoms with van der Waals surface area (Å²) >= 11 is 12.2. The summed E-state index contributed by atoms with van der Waals surface area (Å²) in [5.41, 5.74) is 0.708. The highest BCUT2D eigenvalue weighted by Gasteiger charge is 2.26. The van der Waals surface area contributed by atoms with Gasteiger partial charge < -0.3 is 9.64 Å². The quantitative estimate of drug-likeness (QED) is 0.799. The highest BCUT2D eigenvalue weighted by atomic mass is 35.5. The first-order valence-corrected chi connectivity index (χ1v) is 6.71.